The molecular weight excluding hydrogens is 462 g/mol. The van der Waals surface area contributed by atoms with Gasteiger partial charge in [-0.2, -0.15) is 0 Å². The fourth-order valence-corrected chi connectivity index (χ4v) is 6.48. The number of hydrogen-bond donors (Lipinski definition) is 0. The number of nitrogens with zero attached hydrogens (tertiary/aromatic N) is 3. The number of rotatable bonds is 21. The van der Waals surface area contributed by atoms with Gasteiger partial charge in [0.15, 0.2) is 0 Å². The molecule has 1 aromatic carbocycles. The van der Waals surface area contributed by atoms with Crippen molar-refractivity contribution < 1.29 is 0 Å². The molecule has 3 heteroatoms. The van der Waals surface area contributed by atoms with Gasteiger partial charge in [-0.05, 0) is 94.2 Å². The third-order valence-corrected chi connectivity index (χ3v) is 8.83. The molecule has 1 aliphatic rings. The molecule has 220 valence electrons. The van der Waals surface area contributed by atoms with Gasteiger partial charge in [0.2, 0.25) is 0 Å². The molecule has 1 aromatic rings. The predicted octanol–water partition coefficient (Wildman–Crippen LogP) is 8.83. The van der Waals surface area contributed by atoms with Gasteiger partial charge in [0.25, 0.3) is 0 Å². The fourth-order valence-electron chi connectivity index (χ4n) is 6.48. The van der Waals surface area contributed by atoms with Crippen LogP contribution in [0.3, 0.4) is 0 Å². The van der Waals surface area contributed by atoms with Crippen molar-refractivity contribution in [3.8, 4) is 0 Å². The standard InChI is InChI=1S/C35H65N3/c1-10-14-22-37(23-15-11-2)34-33(35(34)38(24-16-12-3)25-17-13-4)36(9)27-30-18-20-31(21-19-30)32(29(7)8)26-28(5)6/h18-21,28-29,32-35H,10-17,22-27H2,1-9H3. The molecule has 1 fully saturated rings. The molecule has 0 N–H and O–H groups in total. The quantitative estimate of drug-likeness (QED) is 0.158. The molecule has 0 bridgehead atoms. The summed E-state index contributed by atoms with van der Waals surface area (Å²) in [6.45, 7) is 25.0. The van der Waals surface area contributed by atoms with E-state index in [1.807, 2.05) is 0 Å². The maximum absolute atomic E-state index is 2.88. The first-order valence-electron chi connectivity index (χ1n) is 16.6. The van der Waals surface area contributed by atoms with Crippen LogP contribution in [0.15, 0.2) is 24.3 Å². The smallest absolute Gasteiger partial charge is 0.0439 e. The van der Waals surface area contributed by atoms with E-state index in [-0.39, 0.29) is 0 Å². The van der Waals surface area contributed by atoms with Crippen LogP contribution in [0, 0.1) is 11.8 Å². The molecule has 3 unspecified atom stereocenters. The normalized spacial score (nSPS) is 20.4. The molecule has 2 rings (SSSR count). The van der Waals surface area contributed by atoms with Crippen molar-refractivity contribution in [2.45, 2.75) is 144 Å². The summed E-state index contributed by atoms with van der Waals surface area (Å²) in [4.78, 5) is 8.46. The molecule has 0 spiro atoms. The molecule has 0 heterocycles. The molecule has 0 saturated heterocycles. The van der Waals surface area contributed by atoms with Gasteiger partial charge in [-0.3, -0.25) is 14.7 Å². The monoisotopic (exact) mass is 528 g/mol. The van der Waals surface area contributed by atoms with E-state index >= 15 is 0 Å². The zero-order valence-electron chi connectivity index (χ0n) is 27.0. The molecule has 0 aromatic heterocycles. The minimum Gasteiger partial charge on any atom is -0.297 e. The van der Waals surface area contributed by atoms with Crippen LogP contribution in [0.2, 0.25) is 0 Å². The van der Waals surface area contributed by atoms with Crippen LogP contribution in [-0.2, 0) is 6.54 Å². The van der Waals surface area contributed by atoms with Crippen LogP contribution < -0.4 is 0 Å². The Kier molecular flexibility index (Phi) is 15.5. The zero-order chi connectivity index (χ0) is 28.1. The second-order valence-corrected chi connectivity index (χ2v) is 13.1. The largest absolute Gasteiger partial charge is 0.297 e. The Hall–Kier alpha value is -0.900. The van der Waals surface area contributed by atoms with Crippen LogP contribution >= 0.6 is 0 Å². The van der Waals surface area contributed by atoms with Crippen LogP contribution in [-0.4, -0.2) is 66.1 Å². The summed E-state index contributed by atoms with van der Waals surface area (Å²) < 4.78 is 0. The highest BCUT2D eigenvalue weighted by molar-refractivity contribution is 5.27. The first-order valence-corrected chi connectivity index (χ1v) is 16.6. The Morgan fingerprint density at radius 1 is 0.632 bits per heavy atom. The van der Waals surface area contributed by atoms with Crippen molar-refractivity contribution in [3.05, 3.63) is 35.4 Å². The maximum atomic E-state index is 2.88. The van der Waals surface area contributed by atoms with Gasteiger partial charge in [0.05, 0.1) is 0 Å². The van der Waals surface area contributed by atoms with Gasteiger partial charge in [0.1, 0.15) is 0 Å². The molecule has 0 amide bonds. The Morgan fingerprint density at radius 3 is 1.39 bits per heavy atom. The summed E-state index contributed by atoms with van der Waals surface area (Å²) in [6.07, 6.45) is 11.7. The van der Waals surface area contributed by atoms with Crippen molar-refractivity contribution in [2.75, 3.05) is 33.2 Å². The summed E-state index contributed by atoms with van der Waals surface area (Å²) in [5.74, 6) is 2.09. The van der Waals surface area contributed by atoms with Gasteiger partial charge in [-0.25, -0.2) is 0 Å². The Bertz CT molecular complexity index is 685. The molecule has 0 aliphatic heterocycles. The minimum absolute atomic E-state index is 0.640. The molecule has 3 nitrogen and oxygen atoms in total. The van der Waals surface area contributed by atoms with E-state index in [9.17, 15) is 0 Å². The van der Waals surface area contributed by atoms with E-state index in [1.54, 1.807) is 0 Å². The van der Waals surface area contributed by atoms with Crippen LogP contribution in [0.5, 0.6) is 0 Å². The second-order valence-electron chi connectivity index (χ2n) is 13.1. The highest BCUT2D eigenvalue weighted by atomic mass is 15.4. The van der Waals surface area contributed by atoms with Crippen LogP contribution in [0.1, 0.15) is 130 Å². The summed E-state index contributed by atoms with van der Waals surface area (Å²) in [6, 6.07) is 11.7. The van der Waals surface area contributed by atoms with Gasteiger partial charge in [-0.1, -0.05) is 105 Å². The number of likely N-dealkylation sites (N-methyl/N-ethyl adjacent to an activating group) is 1. The maximum Gasteiger partial charge on any atom is 0.0439 e. The summed E-state index contributed by atoms with van der Waals surface area (Å²) >= 11 is 0. The Balaban J connectivity index is 2.21. The topological polar surface area (TPSA) is 9.72 Å². The number of hydrogen-bond acceptors (Lipinski definition) is 3. The van der Waals surface area contributed by atoms with Crippen molar-refractivity contribution >= 4 is 0 Å². The van der Waals surface area contributed by atoms with Crippen molar-refractivity contribution in [2.24, 2.45) is 11.8 Å². The van der Waals surface area contributed by atoms with E-state index in [0.717, 1.165) is 12.5 Å². The lowest BCUT2D eigenvalue weighted by molar-refractivity contribution is 0.192. The SMILES string of the molecule is CCCCN(CCCC)C1C(N(C)Cc2ccc(C(CC(C)C)C(C)C)cc2)C1N(CCCC)CCCC. The van der Waals surface area contributed by atoms with Gasteiger partial charge in [-0.15, -0.1) is 0 Å². The molecule has 38 heavy (non-hydrogen) atoms. The Labute approximate surface area is 238 Å². The first kappa shape index (κ1) is 33.3. The summed E-state index contributed by atoms with van der Waals surface area (Å²) in [7, 11) is 2.40. The summed E-state index contributed by atoms with van der Waals surface area (Å²) in [5, 5.41) is 0. The lowest BCUT2D eigenvalue weighted by Gasteiger charge is -2.26. The molecule has 0 radical (unpaired) electrons. The molecular formula is C35H65N3. The van der Waals surface area contributed by atoms with Crippen molar-refractivity contribution in [1.29, 1.82) is 0 Å². The highest BCUT2D eigenvalue weighted by Gasteiger charge is 2.57. The van der Waals surface area contributed by atoms with E-state index in [1.165, 1.54) is 95.1 Å². The second kappa shape index (κ2) is 17.7. The number of benzene rings is 1. The third kappa shape index (κ3) is 10.3. The van der Waals surface area contributed by atoms with E-state index < -0.39 is 0 Å². The lowest BCUT2D eigenvalue weighted by Crippen LogP contribution is -2.37. The number of unbranched alkanes of at least 4 members (excludes halogenated alkanes) is 4. The van der Waals surface area contributed by atoms with Crippen LogP contribution in [0.4, 0.5) is 0 Å². The highest BCUT2D eigenvalue weighted by Crippen LogP contribution is 2.40. The average molecular weight is 528 g/mol. The first-order chi connectivity index (χ1) is 18.3. The van der Waals surface area contributed by atoms with E-state index in [4.69, 9.17) is 0 Å². The van der Waals surface area contributed by atoms with Gasteiger partial charge < -0.3 is 0 Å². The minimum atomic E-state index is 0.640. The third-order valence-electron chi connectivity index (χ3n) is 8.83. The van der Waals surface area contributed by atoms with Crippen molar-refractivity contribution in [1.82, 2.24) is 14.7 Å². The zero-order valence-corrected chi connectivity index (χ0v) is 27.0. The fraction of sp³-hybridized carbons (Fsp3) is 0.829. The average Bonchev–Trinajstić information content (AvgIpc) is 3.63. The van der Waals surface area contributed by atoms with Gasteiger partial charge >= 0.3 is 0 Å². The van der Waals surface area contributed by atoms with Gasteiger partial charge in [0, 0.05) is 24.7 Å². The molecule has 1 saturated carbocycles. The van der Waals surface area contributed by atoms with E-state index in [2.05, 4.69) is 101 Å². The van der Waals surface area contributed by atoms with Crippen LogP contribution in [0.25, 0.3) is 0 Å². The summed E-state index contributed by atoms with van der Waals surface area (Å²) in [5.41, 5.74) is 2.99. The predicted molar refractivity (Wildman–Crippen MR) is 169 cm³/mol. The molecule has 3 atom stereocenters. The Morgan fingerprint density at radius 2 is 1.05 bits per heavy atom. The molecule has 1 aliphatic carbocycles. The lowest BCUT2D eigenvalue weighted by atomic mass is 9.82. The van der Waals surface area contributed by atoms with E-state index in [0.29, 0.717) is 30.0 Å². The van der Waals surface area contributed by atoms with Crippen molar-refractivity contribution in [3.63, 3.8) is 0 Å².